The number of alkyl carbamates (subject to hydrolysis) is 1. The van der Waals surface area contributed by atoms with E-state index < -0.39 is 48.3 Å². The highest BCUT2D eigenvalue weighted by Crippen LogP contribution is 2.10. The van der Waals surface area contributed by atoms with Gasteiger partial charge in [0, 0.05) is 6.42 Å². The molecule has 0 aliphatic carbocycles. The van der Waals surface area contributed by atoms with Gasteiger partial charge >= 0.3 is 18.0 Å². The van der Waals surface area contributed by atoms with E-state index in [0.717, 1.165) is 5.56 Å². The van der Waals surface area contributed by atoms with Crippen LogP contribution in [-0.4, -0.2) is 41.6 Å². The third-order valence-electron chi connectivity index (χ3n) is 3.34. The Morgan fingerprint density at radius 3 is 2.21 bits per heavy atom. The average molecular weight is 407 g/mol. The molecule has 0 radical (unpaired) electrons. The summed E-state index contributed by atoms with van der Waals surface area (Å²) < 4.78 is 15.3. The second-order valence-electron chi connectivity index (χ2n) is 7.75. The average Bonchev–Trinajstić information content (AvgIpc) is 2.57. The summed E-state index contributed by atoms with van der Waals surface area (Å²) in [4.78, 5) is 48.4. The van der Waals surface area contributed by atoms with Crippen molar-refractivity contribution in [1.29, 1.82) is 0 Å². The fourth-order valence-electron chi connectivity index (χ4n) is 2.24. The minimum absolute atomic E-state index is 0.0181. The highest BCUT2D eigenvalue weighted by Gasteiger charge is 2.28. The van der Waals surface area contributed by atoms with Crippen molar-refractivity contribution in [1.82, 2.24) is 5.32 Å². The molecule has 0 unspecified atom stereocenters. The zero-order valence-electron chi connectivity index (χ0n) is 17.5. The number of carbonyl (C=O) groups is 4. The lowest BCUT2D eigenvalue weighted by molar-refractivity contribution is -0.152. The van der Waals surface area contributed by atoms with Gasteiger partial charge in [-0.25, -0.2) is 9.59 Å². The first kappa shape index (κ1) is 24.1. The molecule has 1 atom stereocenters. The van der Waals surface area contributed by atoms with E-state index >= 15 is 0 Å². The van der Waals surface area contributed by atoms with Gasteiger partial charge in [0.2, 0.25) is 0 Å². The maximum atomic E-state index is 12.5. The second kappa shape index (κ2) is 11.2. The standard InChI is InChI=1S/C21H29NO7/c1-14(2)28-18(24)12-16(23)11-17(22-20(26)29-21(3,4)5)19(25)27-13-15-9-7-6-8-10-15/h6-10,14,17H,11-13H2,1-5H3,(H,22,26)/t17-/m0/s1. The number of nitrogens with one attached hydrogen (secondary N) is 1. The predicted molar refractivity (Wildman–Crippen MR) is 105 cm³/mol. The lowest BCUT2D eigenvalue weighted by Crippen LogP contribution is -2.45. The van der Waals surface area contributed by atoms with Crippen LogP contribution in [0.2, 0.25) is 0 Å². The van der Waals surface area contributed by atoms with Crippen molar-refractivity contribution in [3.8, 4) is 0 Å². The predicted octanol–water partition coefficient (Wildman–Crippen LogP) is 2.92. The Labute approximate surface area is 170 Å². The zero-order chi connectivity index (χ0) is 22.0. The van der Waals surface area contributed by atoms with Gasteiger partial charge in [0.05, 0.1) is 6.10 Å². The van der Waals surface area contributed by atoms with Crippen molar-refractivity contribution in [2.24, 2.45) is 0 Å². The Bertz CT molecular complexity index is 707. The summed E-state index contributed by atoms with van der Waals surface area (Å²) in [5.74, 6) is -2.06. The number of carbonyl (C=O) groups excluding carboxylic acids is 4. The second-order valence-corrected chi connectivity index (χ2v) is 7.75. The molecule has 0 saturated heterocycles. The summed E-state index contributed by atoms with van der Waals surface area (Å²) in [6.45, 7) is 8.31. The molecule has 160 valence electrons. The van der Waals surface area contributed by atoms with Crippen LogP contribution in [0.3, 0.4) is 0 Å². The van der Waals surface area contributed by atoms with E-state index in [1.165, 1.54) is 0 Å². The van der Waals surface area contributed by atoms with Crippen LogP contribution in [0.5, 0.6) is 0 Å². The quantitative estimate of drug-likeness (QED) is 0.381. The third-order valence-corrected chi connectivity index (χ3v) is 3.34. The molecule has 0 aliphatic heterocycles. The lowest BCUT2D eigenvalue weighted by atomic mass is 10.1. The number of esters is 2. The first-order valence-electron chi connectivity index (χ1n) is 9.37. The monoisotopic (exact) mass is 407 g/mol. The van der Waals surface area contributed by atoms with Crippen LogP contribution >= 0.6 is 0 Å². The van der Waals surface area contributed by atoms with Gasteiger partial charge in [-0.05, 0) is 40.2 Å². The molecule has 1 N–H and O–H groups in total. The highest BCUT2D eigenvalue weighted by atomic mass is 16.6. The number of rotatable bonds is 9. The Balaban J connectivity index is 2.75. The van der Waals surface area contributed by atoms with Gasteiger partial charge in [-0.1, -0.05) is 30.3 Å². The van der Waals surface area contributed by atoms with Crippen LogP contribution in [0, 0.1) is 0 Å². The van der Waals surface area contributed by atoms with Crippen LogP contribution < -0.4 is 5.32 Å². The van der Waals surface area contributed by atoms with Crippen molar-refractivity contribution in [3.63, 3.8) is 0 Å². The SMILES string of the molecule is CC(C)OC(=O)CC(=O)C[C@H](NC(=O)OC(C)(C)C)C(=O)OCc1ccccc1. The van der Waals surface area contributed by atoms with Crippen LogP contribution in [0.4, 0.5) is 4.79 Å². The van der Waals surface area contributed by atoms with E-state index in [1.807, 2.05) is 6.07 Å². The smallest absolute Gasteiger partial charge is 0.408 e. The van der Waals surface area contributed by atoms with Crippen molar-refractivity contribution < 1.29 is 33.4 Å². The van der Waals surface area contributed by atoms with Crippen LogP contribution in [0.25, 0.3) is 0 Å². The molecule has 0 spiro atoms. The molecule has 8 heteroatoms. The minimum Gasteiger partial charge on any atom is -0.463 e. The summed E-state index contributed by atoms with van der Waals surface area (Å²) >= 11 is 0. The van der Waals surface area contributed by atoms with Gasteiger partial charge in [0.1, 0.15) is 30.5 Å². The van der Waals surface area contributed by atoms with Gasteiger partial charge in [-0.3, -0.25) is 9.59 Å². The Morgan fingerprint density at radius 2 is 1.66 bits per heavy atom. The Hall–Kier alpha value is -2.90. The highest BCUT2D eigenvalue weighted by molar-refractivity contribution is 5.98. The molecule has 0 bridgehead atoms. The normalized spacial score (nSPS) is 12.1. The maximum Gasteiger partial charge on any atom is 0.408 e. The first-order chi connectivity index (χ1) is 13.5. The molecular formula is C21H29NO7. The van der Waals surface area contributed by atoms with E-state index in [2.05, 4.69) is 5.32 Å². The molecule has 0 aliphatic rings. The third kappa shape index (κ3) is 10.9. The van der Waals surface area contributed by atoms with Crippen molar-refractivity contribution >= 4 is 23.8 Å². The summed E-state index contributed by atoms with van der Waals surface area (Å²) in [6.07, 6.45) is -2.14. The lowest BCUT2D eigenvalue weighted by Gasteiger charge is -2.22. The fourth-order valence-corrected chi connectivity index (χ4v) is 2.24. The van der Waals surface area contributed by atoms with Gasteiger partial charge in [-0.15, -0.1) is 0 Å². The molecule has 1 rings (SSSR count). The Morgan fingerprint density at radius 1 is 1.03 bits per heavy atom. The number of ether oxygens (including phenoxy) is 3. The van der Waals surface area contributed by atoms with Gasteiger partial charge in [0.15, 0.2) is 0 Å². The first-order valence-corrected chi connectivity index (χ1v) is 9.37. The maximum absolute atomic E-state index is 12.5. The number of hydrogen-bond donors (Lipinski definition) is 1. The van der Waals surface area contributed by atoms with Crippen LogP contribution in [0.1, 0.15) is 53.0 Å². The number of benzene rings is 1. The fraction of sp³-hybridized carbons (Fsp3) is 0.524. The summed E-state index contributed by atoms with van der Waals surface area (Å²) in [5.41, 5.74) is -0.0306. The van der Waals surface area contributed by atoms with Crippen LogP contribution in [0.15, 0.2) is 30.3 Å². The summed E-state index contributed by atoms with van der Waals surface area (Å²) in [7, 11) is 0. The molecule has 0 saturated carbocycles. The number of hydrogen-bond acceptors (Lipinski definition) is 7. The van der Waals surface area contributed by atoms with Gasteiger partial charge < -0.3 is 19.5 Å². The van der Waals surface area contributed by atoms with Crippen LogP contribution in [-0.2, 0) is 35.2 Å². The van der Waals surface area contributed by atoms with E-state index in [9.17, 15) is 19.2 Å². The molecule has 8 nitrogen and oxygen atoms in total. The Kier molecular flexibility index (Phi) is 9.31. The van der Waals surface area contributed by atoms with Gasteiger partial charge in [0.25, 0.3) is 0 Å². The van der Waals surface area contributed by atoms with E-state index in [4.69, 9.17) is 14.2 Å². The molecule has 0 fully saturated rings. The molecule has 29 heavy (non-hydrogen) atoms. The number of amides is 1. The topological polar surface area (TPSA) is 108 Å². The molecular weight excluding hydrogens is 378 g/mol. The molecule has 1 aromatic rings. The number of ketones is 1. The van der Waals surface area contributed by atoms with Gasteiger partial charge in [-0.2, -0.15) is 0 Å². The van der Waals surface area contributed by atoms with E-state index in [-0.39, 0.29) is 12.7 Å². The summed E-state index contributed by atoms with van der Waals surface area (Å²) in [6, 6.07) is 7.68. The van der Waals surface area contributed by atoms with Crippen molar-refractivity contribution in [3.05, 3.63) is 35.9 Å². The van der Waals surface area contributed by atoms with Crippen molar-refractivity contribution in [2.75, 3.05) is 0 Å². The summed E-state index contributed by atoms with van der Waals surface area (Å²) in [5, 5.41) is 2.35. The van der Waals surface area contributed by atoms with E-state index in [0.29, 0.717) is 0 Å². The van der Waals surface area contributed by atoms with E-state index in [1.54, 1.807) is 58.9 Å². The molecule has 0 aromatic heterocycles. The largest absolute Gasteiger partial charge is 0.463 e. The molecule has 0 heterocycles. The number of Topliss-reactive ketones (excluding diaryl/α,β-unsaturated/α-hetero) is 1. The minimum atomic E-state index is -1.28. The van der Waals surface area contributed by atoms with Crippen molar-refractivity contribution in [2.45, 2.75) is 71.8 Å². The molecule has 1 aromatic carbocycles. The zero-order valence-corrected chi connectivity index (χ0v) is 17.5. The molecule has 1 amide bonds.